The summed E-state index contributed by atoms with van der Waals surface area (Å²) in [5.41, 5.74) is 0.982. The van der Waals surface area contributed by atoms with Crippen molar-refractivity contribution in [2.24, 2.45) is 0 Å². The molecule has 2 atom stereocenters. The van der Waals surface area contributed by atoms with Crippen molar-refractivity contribution < 1.29 is 4.52 Å². The van der Waals surface area contributed by atoms with Gasteiger partial charge in [-0.15, -0.1) is 0 Å². The van der Waals surface area contributed by atoms with Gasteiger partial charge in [0.2, 0.25) is 0 Å². The van der Waals surface area contributed by atoms with Crippen molar-refractivity contribution in [2.45, 2.75) is 31.2 Å². The number of hydrogen-bond donors (Lipinski definition) is 1. The molecule has 4 nitrogen and oxygen atoms in total. The summed E-state index contributed by atoms with van der Waals surface area (Å²) in [4.78, 5) is 4.54. The Bertz CT molecular complexity index is 509. The van der Waals surface area contributed by atoms with Crippen LogP contribution in [0, 0.1) is 0 Å². The largest absolute Gasteiger partial charge is 0.334 e. The average molecular weight is 243 g/mol. The van der Waals surface area contributed by atoms with Gasteiger partial charge in [0.25, 0.3) is 5.89 Å². The lowest BCUT2D eigenvalue weighted by Gasteiger charge is -2.14. The van der Waals surface area contributed by atoms with E-state index in [2.05, 4.69) is 15.5 Å². The Hall–Kier alpha value is -1.68. The van der Waals surface area contributed by atoms with Crippen LogP contribution < -0.4 is 5.32 Å². The van der Waals surface area contributed by atoms with Gasteiger partial charge in [0.15, 0.2) is 5.82 Å². The first-order chi connectivity index (χ1) is 8.88. The van der Waals surface area contributed by atoms with Crippen LogP contribution in [0.4, 0.5) is 0 Å². The normalized spacial score (nSPS) is 23.4. The van der Waals surface area contributed by atoms with Crippen LogP contribution in [0.5, 0.6) is 0 Å². The van der Waals surface area contributed by atoms with Crippen molar-refractivity contribution in [1.29, 1.82) is 0 Å². The van der Waals surface area contributed by atoms with Crippen molar-refractivity contribution in [3.05, 3.63) is 36.2 Å². The van der Waals surface area contributed by atoms with Crippen LogP contribution >= 0.6 is 0 Å². The van der Waals surface area contributed by atoms with E-state index in [0.717, 1.165) is 17.8 Å². The van der Waals surface area contributed by atoms with Crippen LogP contribution in [0.25, 0.3) is 11.5 Å². The lowest BCUT2D eigenvalue weighted by molar-refractivity contribution is 0.406. The molecular formula is C14H17N3O. The van der Waals surface area contributed by atoms with E-state index >= 15 is 0 Å². The number of nitrogens with zero attached hydrogens (tertiary/aromatic N) is 2. The van der Waals surface area contributed by atoms with Gasteiger partial charge in [0.1, 0.15) is 0 Å². The van der Waals surface area contributed by atoms with Crippen molar-refractivity contribution in [2.75, 3.05) is 7.05 Å². The molecule has 1 saturated carbocycles. The van der Waals surface area contributed by atoms with Gasteiger partial charge in [0, 0.05) is 17.5 Å². The molecule has 0 radical (unpaired) electrons. The molecule has 1 heterocycles. The Morgan fingerprint density at radius 2 is 2.06 bits per heavy atom. The number of hydrogen-bond acceptors (Lipinski definition) is 4. The number of rotatable bonds is 3. The maximum atomic E-state index is 5.37. The van der Waals surface area contributed by atoms with E-state index in [9.17, 15) is 0 Å². The van der Waals surface area contributed by atoms with E-state index in [-0.39, 0.29) is 0 Å². The lowest BCUT2D eigenvalue weighted by atomic mass is 10.0. The third-order valence-corrected chi connectivity index (χ3v) is 3.68. The first kappa shape index (κ1) is 11.4. The smallest absolute Gasteiger partial charge is 0.257 e. The van der Waals surface area contributed by atoms with E-state index < -0.39 is 0 Å². The molecule has 1 aromatic heterocycles. The molecule has 2 aromatic rings. The highest BCUT2D eigenvalue weighted by atomic mass is 16.5. The van der Waals surface area contributed by atoms with Gasteiger partial charge in [-0.25, -0.2) is 0 Å². The summed E-state index contributed by atoms with van der Waals surface area (Å²) in [6.07, 6.45) is 3.56. The summed E-state index contributed by atoms with van der Waals surface area (Å²) in [6.45, 7) is 0. The van der Waals surface area contributed by atoms with Crippen LogP contribution in [-0.4, -0.2) is 23.2 Å². The minimum atomic E-state index is 0.385. The summed E-state index contributed by atoms with van der Waals surface area (Å²) < 4.78 is 5.37. The standard InChI is InChI=1S/C14H17N3O/c1-15-12-9-5-8-11(12)13-16-14(18-17-13)10-6-3-2-4-7-10/h2-4,6-7,11-12,15H,5,8-9H2,1H3/t11-,12+/m0/s1. The summed E-state index contributed by atoms with van der Waals surface area (Å²) in [7, 11) is 2.00. The second kappa shape index (κ2) is 4.90. The van der Waals surface area contributed by atoms with Crippen LogP contribution in [0.2, 0.25) is 0 Å². The second-order valence-corrected chi connectivity index (χ2v) is 4.76. The minimum Gasteiger partial charge on any atom is -0.334 e. The Balaban J connectivity index is 1.86. The number of benzene rings is 1. The average Bonchev–Trinajstić information content (AvgIpc) is 3.08. The fraction of sp³-hybridized carbons (Fsp3) is 0.429. The van der Waals surface area contributed by atoms with Crippen LogP contribution in [0.3, 0.4) is 0 Å². The Morgan fingerprint density at radius 1 is 1.22 bits per heavy atom. The third-order valence-electron chi connectivity index (χ3n) is 3.68. The highest BCUT2D eigenvalue weighted by Crippen LogP contribution is 2.33. The van der Waals surface area contributed by atoms with Crippen molar-refractivity contribution in [3.63, 3.8) is 0 Å². The minimum absolute atomic E-state index is 0.385. The molecule has 0 spiro atoms. The Labute approximate surface area is 106 Å². The summed E-state index contributed by atoms with van der Waals surface area (Å²) >= 11 is 0. The van der Waals surface area contributed by atoms with E-state index in [1.807, 2.05) is 37.4 Å². The Kier molecular flexibility index (Phi) is 3.11. The summed E-state index contributed by atoms with van der Waals surface area (Å²) in [6, 6.07) is 10.4. The molecule has 0 saturated heterocycles. The molecule has 1 aliphatic rings. The molecule has 4 heteroatoms. The predicted octanol–water partition coefficient (Wildman–Crippen LogP) is 2.59. The molecule has 18 heavy (non-hydrogen) atoms. The molecule has 1 N–H and O–H groups in total. The number of nitrogens with one attached hydrogen (secondary N) is 1. The first-order valence-electron chi connectivity index (χ1n) is 6.45. The molecule has 3 rings (SSSR count). The van der Waals surface area contributed by atoms with Gasteiger partial charge in [-0.05, 0) is 32.0 Å². The van der Waals surface area contributed by atoms with Crippen molar-refractivity contribution in [3.8, 4) is 11.5 Å². The van der Waals surface area contributed by atoms with Gasteiger partial charge < -0.3 is 9.84 Å². The third kappa shape index (κ3) is 2.04. The molecule has 0 aliphatic heterocycles. The van der Waals surface area contributed by atoms with E-state index in [0.29, 0.717) is 17.9 Å². The topological polar surface area (TPSA) is 51.0 Å². The van der Waals surface area contributed by atoms with Crippen molar-refractivity contribution in [1.82, 2.24) is 15.5 Å². The quantitative estimate of drug-likeness (QED) is 0.900. The molecular weight excluding hydrogens is 226 g/mol. The lowest BCUT2D eigenvalue weighted by Crippen LogP contribution is -2.28. The van der Waals surface area contributed by atoms with Gasteiger partial charge in [-0.3, -0.25) is 0 Å². The maximum Gasteiger partial charge on any atom is 0.257 e. The fourth-order valence-corrected chi connectivity index (χ4v) is 2.70. The molecule has 1 fully saturated rings. The van der Waals surface area contributed by atoms with Crippen LogP contribution in [0.15, 0.2) is 34.9 Å². The zero-order chi connectivity index (χ0) is 12.4. The fourth-order valence-electron chi connectivity index (χ4n) is 2.70. The molecule has 0 unspecified atom stereocenters. The van der Waals surface area contributed by atoms with Crippen molar-refractivity contribution >= 4 is 0 Å². The molecule has 1 aliphatic carbocycles. The number of likely N-dealkylation sites (N-methyl/N-ethyl adjacent to an activating group) is 1. The highest BCUT2D eigenvalue weighted by molar-refractivity contribution is 5.52. The molecule has 94 valence electrons. The predicted molar refractivity (Wildman–Crippen MR) is 69.2 cm³/mol. The second-order valence-electron chi connectivity index (χ2n) is 4.76. The maximum absolute atomic E-state index is 5.37. The van der Waals surface area contributed by atoms with Crippen LogP contribution in [0.1, 0.15) is 31.0 Å². The van der Waals surface area contributed by atoms with Gasteiger partial charge in [-0.2, -0.15) is 4.98 Å². The van der Waals surface area contributed by atoms with Gasteiger partial charge in [-0.1, -0.05) is 29.8 Å². The SMILES string of the molecule is CN[C@@H]1CCC[C@@H]1c1noc(-c2ccccc2)n1. The molecule has 0 bridgehead atoms. The van der Waals surface area contributed by atoms with Gasteiger partial charge >= 0.3 is 0 Å². The van der Waals surface area contributed by atoms with Crippen LogP contribution in [-0.2, 0) is 0 Å². The molecule has 0 amide bonds. The number of aromatic nitrogens is 2. The monoisotopic (exact) mass is 243 g/mol. The first-order valence-corrected chi connectivity index (χ1v) is 6.45. The highest BCUT2D eigenvalue weighted by Gasteiger charge is 2.31. The zero-order valence-electron chi connectivity index (χ0n) is 10.5. The van der Waals surface area contributed by atoms with E-state index in [1.165, 1.54) is 12.8 Å². The van der Waals surface area contributed by atoms with E-state index in [4.69, 9.17) is 4.52 Å². The van der Waals surface area contributed by atoms with Gasteiger partial charge in [0.05, 0.1) is 0 Å². The van der Waals surface area contributed by atoms with E-state index in [1.54, 1.807) is 0 Å². The Morgan fingerprint density at radius 3 is 2.83 bits per heavy atom. The summed E-state index contributed by atoms with van der Waals surface area (Å²) in [5.74, 6) is 1.84. The molecule has 1 aromatic carbocycles. The zero-order valence-corrected chi connectivity index (χ0v) is 10.5. The summed E-state index contributed by atoms with van der Waals surface area (Å²) in [5, 5.41) is 7.49.